The molecule has 0 bridgehead atoms. The number of carbonyl (C=O) groups is 1. The van der Waals surface area contributed by atoms with Crippen LogP contribution >= 0.6 is 0 Å². The molecular weight excluding hydrogens is 297 g/mol. The number of methoxy groups -OCH3 is 1. The van der Waals surface area contributed by atoms with Crippen molar-refractivity contribution in [1.82, 2.24) is 15.8 Å². The minimum atomic E-state index is -0.433. The number of likely N-dealkylation sites (N-methyl/N-ethyl adjacent to an activating group) is 1. The standard InChI is InChI=1S/C17H20FN3O2/c1-19-17(22)13-8-15(20-21(10-13)9-11-3-4-11)12-5-6-16(23-2)14(18)7-12/h5-8,10-11,20H,3-4,9H2,1-2H3,(H,19,22). The quantitative estimate of drug-likeness (QED) is 0.872. The normalized spacial score (nSPS) is 17.1. The molecule has 23 heavy (non-hydrogen) atoms. The third kappa shape index (κ3) is 3.47. The van der Waals surface area contributed by atoms with Gasteiger partial charge in [0.05, 0.1) is 18.4 Å². The predicted octanol–water partition coefficient (Wildman–Crippen LogP) is 2.04. The van der Waals surface area contributed by atoms with Gasteiger partial charge in [0.25, 0.3) is 5.91 Å². The number of nitrogens with zero attached hydrogens (tertiary/aromatic N) is 1. The van der Waals surface area contributed by atoms with Crippen molar-refractivity contribution < 1.29 is 13.9 Å². The Bertz CT molecular complexity index is 680. The summed E-state index contributed by atoms with van der Waals surface area (Å²) in [7, 11) is 3.02. The van der Waals surface area contributed by atoms with E-state index in [4.69, 9.17) is 4.74 Å². The molecule has 3 rings (SSSR count). The van der Waals surface area contributed by atoms with Crippen molar-refractivity contribution >= 4 is 11.6 Å². The number of hydrazine groups is 1. The van der Waals surface area contributed by atoms with Crippen LogP contribution in [0.5, 0.6) is 5.75 Å². The molecule has 1 aromatic carbocycles. The molecule has 2 aliphatic rings. The minimum Gasteiger partial charge on any atom is -0.494 e. The van der Waals surface area contributed by atoms with E-state index in [-0.39, 0.29) is 11.7 Å². The van der Waals surface area contributed by atoms with Crippen LogP contribution in [-0.4, -0.2) is 31.6 Å². The van der Waals surface area contributed by atoms with Gasteiger partial charge in [-0.25, -0.2) is 4.39 Å². The molecule has 0 atom stereocenters. The molecular formula is C17H20FN3O2. The lowest BCUT2D eigenvalue weighted by atomic mass is 10.1. The molecule has 1 saturated carbocycles. The van der Waals surface area contributed by atoms with Crippen LogP contribution < -0.4 is 15.5 Å². The predicted molar refractivity (Wildman–Crippen MR) is 85.6 cm³/mol. The highest BCUT2D eigenvalue weighted by molar-refractivity contribution is 5.98. The number of amides is 1. The van der Waals surface area contributed by atoms with Gasteiger partial charge in [0.1, 0.15) is 0 Å². The van der Waals surface area contributed by atoms with Crippen LogP contribution in [0.4, 0.5) is 4.39 Å². The van der Waals surface area contributed by atoms with Crippen LogP contribution in [0.3, 0.4) is 0 Å². The van der Waals surface area contributed by atoms with Crippen LogP contribution in [0.1, 0.15) is 18.4 Å². The number of nitrogens with one attached hydrogen (secondary N) is 2. The van der Waals surface area contributed by atoms with Gasteiger partial charge in [-0.1, -0.05) is 0 Å². The molecule has 1 amide bonds. The second-order valence-corrected chi connectivity index (χ2v) is 5.78. The second kappa shape index (κ2) is 6.32. The van der Waals surface area contributed by atoms with Crippen molar-refractivity contribution in [2.45, 2.75) is 12.8 Å². The molecule has 1 heterocycles. The van der Waals surface area contributed by atoms with Crippen molar-refractivity contribution in [3.8, 4) is 5.75 Å². The van der Waals surface area contributed by atoms with E-state index >= 15 is 0 Å². The number of halogens is 1. The van der Waals surface area contributed by atoms with Gasteiger partial charge in [0, 0.05) is 25.4 Å². The Morgan fingerprint density at radius 2 is 2.26 bits per heavy atom. The average Bonchev–Trinajstić information content (AvgIpc) is 3.37. The van der Waals surface area contributed by atoms with E-state index in [1.54, 1.807) is 31.5 Å². The zero-order valence-electron chi connectivity index (χ0n) is 13.2. The third-order valence-corrected chi connectivity index (χ3v) is 3.96. The van der Waals surface area contributed by atoms with Crippen LogP contribution in [0.15, 0.2) is 36.0 Å². The molecule has 1 aromatic rings. The smallest absolute Gasteiger partial charge is 0.252 e. The van der Waals surface area contributed by atoms with Crippen molar-refractivity contribution in [3.63, 3.8) is 0 Å². The van der Waals surface area contributed by atoms with Gasteiger partial charge in [0.15, 0.2) is 11.6 Å². The Hall–Kier alpha value is -2.50. The maximum Gasteiger partial charge on any atom is 0.252 e. The molecule has 1 aliphatic heterocycles. The highest BCUT2D eigenvalue weighted by Gasteiger charge is 2.26. The second-order valence-electron chi connectivity index (χ2n) is 5.78. The SMILES string of the molecule is CNC(=O)C1=CN(CC2CC2)NC(c2ccc(OC)c(F)c2)=C1. The van der Waals surface area contributed by atoms with Crippen molar-refractivity contribution in [2.24, 2.45) is 5.92 Å². The van der Waals surface area contributed by atoms with Gasteiger partial charge in [0.2, 0.25) is 0 Å². The molecule has 0 unspecified atom stereocenters. The summed E-state index contributed by atoms with van der Waals surface area (Å²) in [4.78, 5) is 12.0. The summed E-state index contributed by atoms with van der Waals surface area (Å²) in [6, 6.07) is 4.75. The lowest BCUT2D eigenvalue weighted by Crippen LogP contribution is -2.38. The average molecular weight is 317 g/mol. The van der Waals surface area contributed by atoms with E-state index in [9.17, 15) is 9.18 Å². The Morgan fingerprint density at radius 1 is 1.48 bits per heavy atom. The zero-order chi connectivity index (χ0) is 16.4. The van der Waals surface area contributed by atoms with Gasteiger partial charge in [-0.2, -0.15) is 0 Å². The first-order chi connectivity index (χ1) is 11.1. The van der Waals surface area contributed by atoms with E-state index < -0.39 is 5.82 Å². The summed E-state index contributed by atoms with van der Waals surface area (Å²) in [5.74, 6) is 0.245. The van der Waals surface area contributed by atoms with Gasteiger partial charge < -0.3 is 10.1 Å². The van der Waals surface area contributed by atoms with E-state index in [1.807, 2.05) is 5.01 Å². The van der Waals surface area contributed by atoms with E-state index in [0.29, 0.717) is 22.8 Å². The van der Waals surface area contributed by atoms with Crippen LogP contribution in [-0.2, 0) is 4.79 Å². The molecule has 122 valence electrons. The maximum absolute atomic E-state index is 14.0. The van der Waals surface area contributed by atoms with Gasteiger partial charge in [-0.15, -0.1) is 0 Å². The molecule has 1 aliphatic carbocycles. The Balaban J connectivity index is 1.89. The third-order valence-electron chi connectivity index (χ3n) is 3.96. The van der Waals surface area contributed by atoms with Crippen LogP contribution in [0.2, 0.25) is 0 Å². The molecule has 5 nitrogen and oxygen atoms in total. The number of carbonyl (C=O) groups excluding carboxylic acids is 1. The summed E-state index contributed by atoms with van der Waals surface area (Å²) in [6.45, 7) is 0.830. The van der Waals surface area contributed by atoms with Crippen molar-refractivity contribution in [2.75, 3.05) is 20.7 Å². The van der Waals surface area contributed by atoms with Crippen LogP contribution in [0.25, 0.3) is 5.70 Å². The summed E-state index contributed by atoms with van der Waals surface area (Å²) in [5.41, 5.74) is 5.14. The van der Waals surface area contributed by atoms with Crippen LogP contribution in [0, 0.1) is 11.7 Å². The molecule has 0 spiro atoms. The summed E-state index contributed by atoms with van der Waals surface area (Å²) in [6.07, 6.45) is 5.93. The first-order valence-corrected chi connectivity index (χ1v) is 7.63. The molecule has 2 N–H and O–H groups in total. The lowest BCUT2D eigenvalue weighted by Gasteiger charge is -2.29. The van der Waals surface area contributed by atoms with E-state index in [0.717, 1.165) is 6.54 Å². The molecule has 0 aromatic heterocycles. The summed E-state index contributed by atoms with van der Waals surface area (Å²) >= 11 is 0. The Morgan fingerprint density at radius 3 is 2.87 bits per heavy atom. The number of ether oxygens (including phenoxy) is 1. The molecule has 1 fully saturated rings. The maximum atomic E-state index is 14.0. The number of hydrogen-bond acceptors (Lipinski definition) is 4. The largest absolute Gasteiger partial charge is 0.494 e. The number of rotatable bonds is 5. The first kappa shape index (κ1) is 15.4. The minimum absolute atomic E-state index is 0.168. The van der Waals surface area contributed by atoms with Crippen molar-refractivity contribution in [3.05, 3.63) is 47.4 Å². The number of benzene rings is 1. The molecule has 0 saturated heterocycles. The van der Waals surface area contributed by atoms with Crippen molar-refractivity contribution in [1.29, 1.82) is 0 Å². The molecule has 0 radical (unpaired) electrons. The zero-order valence-corrected chi connectivity index (χ0v) is 13.2. The monoisotopic (exact) mass is 317 g/mol. The summed E-state index contributed by atoms with van der Waals surface area (Å²) in [5, 5.41) is 4.53. The fourth-order valence-electron chi connectivity index (χ4n) is 2.51. The Labute approximate surface area is 134 Å². The van der Waals surface area contributed by atoms with Gasteiger partial charge >= 0.3 is 0 Å². The fourth-order valence-corrected chi connectivity index (χ4v) is 2.51. The topological polar surface area (TPSA) is 53.6 Å². The molecule has 6 heteroatoms. The summed E-state index contributed by atoms with van der Waals surface area (Å²) < 4.78 is 18.9. The van der Waals surface area contributed by atoms with Gasteiger partial charge in [-0.05, 0) is 43.0 Å². The first-order valence-electron chi connectivity index (χ1n) is 7.63. The number of hydrogen-bond donors (Lipinski definition) is 2. The van der Waals surface area contributed by atoms with E-state index in [1.165, 1.54) is 26.0 Å². The fraction of sp³-hybridized carbons (Fsp3) is 0.353. The highest BCUT2D eigenvalue weighted by Crippen LogP contribution is 2.31. The van der Waals surface area contributed by atoms with Gasteiger partial charge in [-0.3, -0.25) is 15.2 Å². The Kier molecular flexibility index (Phi) is 4.23. The highest BCUT2D eigenvalue weighted by atomic mass is 19.1. The lowest BCUT2D eigenvalue weighted by molar-refractivity contribution is -0.116. The van der Waals surface area contributed by atoms with E-state index in [2.05, 4.69) is 10.7 Å².